The number of aromatic nitrogens is 1. The van der Waals surface area contributed by atoms with Crippen molar-refractivity contribution in [2.45, 2.75) is 19.3 Å². The van der Waals surface area contributed by atoms with Gasteiger partial charge in [0.2, 0.25) is 0 Å². The van der Waals surface area contributed by atoms with E-state index in [-0.39, 0.29) is 0 Å². The molecule has 0 atom stereocenters. The molecule has 0 fully saturated rings. The smallest absolute Gasteiger partial charge is 0.106 e. The van der Waals surface area contributed by atoms with E-state index in [9.17, 15) is 0 Å². The number of rotatable bonds is 1. The molecule has 0 spiro atoms. The second-order valence-corrected chi connectivity index (χ2v) is 3.07. The van der Waals surface area contributed by atoms with Crippen molar-refractivity contribution in [3.63, 3.8) is 0 Å². The standard InChI is InChI=1S/C10H12N2O/c1-13-12-10-6-2-5-9-8(10)4-3-7-11-9/h3-4,7H,2,5-6H2,1H3. The summed E-state index contributed by atoms with van der Waals surface area (Å²) < 4.78 is 0. The first-order chi connectivity index (χ1) is 6.42. The zero-order chi connectivity index (χ0) is 9.10. The molecule has 0 N–H and O–H groups in total. The summed E-state index contributed by atoms with van der Waals surface area (Å²) in [6.07, 6.45) is 4.99. The largest absolute Gasteiger partial charge is 0.399 e. The molecule has 1 aliphatic carbocycles. The van der Waals surface area contributed by atoms with Crippen LogP contribution >= 0.6 is 0 Å². The Balaban J connectivity index is 2.42. The van der Waals surface area contributed by atoms with Crippen molar-refractivity contribution in [2.24, 2.45) is 5.16 Å². The van der Waals surface area contributed by atoms with Crippen molar-refractivity contribution in [3.8, 4) is 0 Å². The molecule has 0 unspecified atom stereocenters. The minimum atomic E-state index is 0.993. The fourth-order valence-corrected chi connectivity index (χ4v) is 1.66. The lowest BCUT2D eigenvalue weighted by Crippen LogP contribution is -2.13. The topological polar surface area (TPSA) is 34.5 Å². The van der Waals surface area contributed by atoms with Gasteiger partial charge in [-0.3, -0.25) is 4.98 Å². The van der Waals surface area contributed by atoms with Gasteiger partial charge in [0.25, 0.3) is 0 Å². The summed E-state index contributed by atoms with van der Waals surface area (Å²) in [5.74, 6) is 0. The van der Waals surface area contributed by atoms with Crippen LogP contribution in [0.25, 0.3) is 0 Å². The van der Waals surface area contributed by atoms with Crippen molar-refractivity contribution in [1.29, 1.82) is 0 Å². The molecule has 0 radical (unpaired) electrons. The maximum atomic E-state index is 4.80. The van der Waals surface area contributed by atoms with Gasteiger partial charge in [-0.2, -0.15) is 0 Å². The van der Waals surface area contributed by atoms with Gasteiger partial charge in [-0.1, -0.05) is 5.16 Å². The molecule has 0 aliphatic heterocycles. The number of aryl methyl sites for hydroxylation is 1. The third-order valence-electron chi connectivity index (χ3n) is 2.23. The van der Waals surface area contributed by atoms with E-state index in [1.165, 1.54) is 0 Å². The highest BCUT2D eigenvalue weighted by molar-refractivity contribution is 6.01. The van der Waals surface area contributed by atoms with E-state index in [1.54, 1.807) is 7.11 Å². The first-order valence-corrected chi connectivity index (χ1v) is 4.46. The molecular weight excluding hydrogens is 164 g/mol. The van der Waals surface area contributed by atoms with E-state index >= 15 is 0 Å². The molecule has 0 amide bonds. The van der Waals surface area contributed by atoms with E-state index < -0.39 is 0 Å². The molecule has 2 rings (SSSR count). The van der Waals surface area contributed by atoms with Crippen molar-refractivity contribution in [1.82, 2.24) is 4.98 Å². The zero-order valence-electron chi connectivity index (χ0n) is 7.66. The highest BCUT2D eigenvalue weighted by Crippen LogP contribution is 2.19. The summed E-state index contributed by atoms with van der Waals surface area (Å²) in [7, 11) is 1.58. The SMILES string of the molecule is CON=C1CCCc2ncccc21. The lowest BCUT2D eigenvalue weighted by Gasteiger charge is -2.15. The van der Waals surface area contributed by atoms with Gasteiger partial charge in [-0.25, -0.2) is 0 Å². The summed E-state index contributed by atoms with van der Waals surface area (Å²) >= 11 is 0. The summed E-state index contributed by atoms with van der Waals surface area (Å²) in [5.41, 5.74) is 3.32. The minimum absolute atomic E-state index is 0.993. The van der Waals surface area contributed by atoms with Crippen LogP contribution in [0, 0.1) is 0 Å². The average Bonchev–Trinajstić information content (AvgIpc) is 2.19. The maximum absolute atomic E-state index is 4.80. The Hall–Kier alpha value is -1.38. The first kappa shape index (κ1) is 8.23. The van der Waals surface area contributed by atoms with Crippen LogP contribution in [0.1, 0.15) is 24.1 Å². The van der Waals surface area contributed by atoms with E-state index in [0.29, 0.717) is 0 Å². The summed E-state index contributed by atoms with van der Waals surface area (Å²) in [6, 6.07) is 3.99. The molecule has 1 aliphatic rings. The third kappa shape index (κ3) is 1.54. The number of pyridine rings is 1. The predicted octanol–water partition coefficient (Wildman–Crippen LogP) is 1.77. The van der Waals surface area contributed by atoms with Crippen LogP contribution in [0.15, 0.2) is 23.5 Å². The molecule has 1 aromatic heterocycles. The van der Waals surface area contributed by atoms with Gasteiger partial charge in [-0.05, 0) is 31.4 Å². The maximum Gasteiger partial charge on any atom is 0.106 e. The Morgan fingerprint density at radius 2 is 2.38 bits per heavy atom. The molecule has 0 bridgehead atoms. The van der Waals surface area contributed by atoms with Crippen molar-refractivity contribution in [2.75, 3.05) is 7.11 Å². The molecule has 68 valence electrons. The molecule has 3 heteroatoms. The third-order valence-corrected chi connectivity index (χ3v) is 2.23. The monoisotopic (exact) mass is 176 g/mol. The van der Waals surface area contributed by atoms with Gasteiger partial charge in [0, 0.05) is 17.5 Å². The Morgan fingerprint density at radius 1 is 1.46 bits per heavy atom. The Kier molecular flexibility index (Phi) is 2.25. The molecule has 0 saturated heterocycles. The second-order valence-electron chi connectivity index (χ2n) is 3.07. The van der Waals surface area contributed by atoms with Crippen molar-refractivity contribution >= 4 is 5.71 Å². The second kappa shape index (κ2) is 3.56. The lowest BCUT2D eigenvalue weighted by molar-refractivity contribution is 0.212. The Labute approximate surface area is 77.4 Å². The molecule has 3 nitrogen and oxygen atoms in total. The van der Waals surface area contributed by atoms with Gasteiger partial charge in [0.15, 0.2) is 0 Å². The first-order valence-electron chi connectivity index (χ1n) is 4.46. The van der Waals surface area contributed by atoms with Crippen molar-refractivity contribution in [3.05, 3.63) is 29.6 Å². The summed E-state index contributed by atoms with van der Waals surface area (Å²) in [6.45, 7) is 0. The van der Waals surface area contributed by atoms with E-state index in [0.717, 1.165) is 36.2 Å². The van der Waals surface area contributed by atoms with Crippen LogP contribution in [0.4, 0.5) is 0 Å². The van der Waals surface area contributed by atoms with Crippen LogP contribution in [0.5, 0.6) is 0 Å². The van der Waals surface area contributed by atoms with Gasteiger partial charge < -0.3 is 4.84 Å². The van der Waals surface area contributed by atoms with E-state index in [1.807, 2.05) is 12.3 Å². The number of oxime groups is 1. The number of nitrogens with zero attached hydrogens (tertiary/aromatic N) is 2. The van der Waals surface area contributed by atoms with Gasteiger partial charge in [0.05, 0.1) is 5.71 Å². The predicted molar refractivity (Wildman–Crippen MR) is 50.7 cm³/mol. The van der Waals surface area contributed by atoms with E-state index in [2.05, 4.69) is 16.2 Å². The molecule has 0 saturated carbocycles. The molecule has 1 heterocycles. The van der Waals surface area contributed by atoms with Crippen LogP contribution in [0.3, 0.4) is 0 Å². The van der Waals surface area contributed by atoms with Gasteiger partial charge in [0.1, 0.15) is 7.11 Å². The summed E-state index contributed by atoms with van der Waals surface area (Å²) in [5, 5.41) is 4.00. The van der Waals surface area contributed by atoms with Gasteiger partial charge >= 0.3 is 0 Å². The molecule has 13 heavy (non-hydrogen) atoms. The molecule has 0 aromatic carbocycles. The minimum Gasteiger partial charge on any atom is -0.399 e. The van der Waals surface area contributed by atoms with Crippen LogP contribution in [-0.4, -0.2) is 17.8 Å². The van der Waals surface area contributed by atoms with Crippen LogP contribution < -0.4 is 0 Å². The van der Waals surface area contributed by atoms with Gasteiger partial charge in [-0.15, -0.1) is 0 Å². The Morgan fingerprint density at radius 3 is 3.23 bits per heavy atom. The van der Waals surface area contributed by atoms with Crippen LogP contribution in [-0.2, 0) is 11.3 Å². The molecular formula is C10H12N2O. The normalized spacial score (nSPS) is 18.4. The Bertz CT molecular complexity index is 333. The zero-order valence-corrected chi connectivity index (χ0v) is 7.66. The highest BCUT2D eigenvalue weighted by Gasteiger charge is 2.15. The van der Waals surface area contributed by atoms with Crippen LogP contribution in [0.2, 0.25) is 0 Å². The summed E-state index contributed by atoms with van der Waals surface area (Å²) in [4.78, 5) is 9.11. The molecule has 1 aromatic rings. The fourth-order valence-electron chi connectivity index (χ4n) is 1.66. The fraction of sp³-hybridized carbons (Fsp3) is 0.400. The number of hydrogen-bond donors (Lipinski definition) is 0. The quantitative estimate of drug-likeness (QED) is 0.611. The number of hydrogen-bond acceptors (Lipinski definition) is 3. The number of fused-ring (bicyclic) bond motifs is 1. The van der Waals surface area contributed by atoms with E-state index in [4.69, 9.17) is 4.84 Å². The average molecular weight is 176 g/mol. The van der Waals surface area contributed by atoms with Crippen molar-refractivity contribution < 1.29 is 4.84 Å². The lowest BCUT2D eigenvalue weighted by atomic mass is 9.94. The highest BCUT2D eigenvalue weighted by atomic mass is 16.6.